The first-order valence-corrected chi connectivity index (χ1v) is 17.7. The van der Waals surface area contributed by atoms with E-state index in [1.807, 2.05) is 0 Å². The molecule has 1 aromatic carbocycles. The summed E-state index contributed by atoms with van der Waals surface area (Å²) in [4.78, 5) is 80.7. The normalized spacial score (nSPS) is 25.2. The summed E-state index contributed by atoms with van der Waals surface area (Å²) in [5.41, 5.74) is 0.109. The van der Waals surface area contributed by atoms with Crippen molar-refractivity contribution in [3.8, 4) is 11.4 Å². The molecule has 284 valence electrons. The first-order chi connectivity index (χ1) is 25.5. The number of cyclic esters (lactones) is 1. The molecule has 0 saturated carbocycles. The van der Waals surface area contributed by atoms with Crippen LogP contribution in [-0.2, 0) is 53.8 Å². The number of fused-ring (bicyclic) bond motifs is 5. The second-order valence-corrected chi connectivity index (χ2v) is 14.9. The van der Waals surface area contributed by atoms with Gasteiger partial charge >= 0.3 is 24.0 Å². The molecule has 5 N–H and O–H groups in total. The van der Waals surface area contributed by atoms with Crippen LogP contribution in [0.25, 0.3) is 22.3 Å². The van der Waals surface area contributed by atoms with Crippen molar-refractivity contribution < 1.29 is 53.2 Å². The maximum atomic E-state index is 15.3. The zero-order valence-corrected chi connectivity index (χ0v) is 29.8. The van der Waals surface area contributed by atoms with E-state index in [9.17, 15) is 39.0 Å². The number of aliphatic carboxylic acids is 2. The number of carboxylic acids is 2. The summed E-state index contributed by atoms with van der Waals surface area (Å²) in [5, 5.41) is 35.5. The molecule has 16 heteroatoms. The predicted molar refractivity (Wildman–Crippen MR) is 187 cm³/mol. The molecule has 0 spiro atoms. The van der Waals surface area contributed by atoms with Crippen molar-refractivity contribution in [1.82, 2.24) is 20.2 Å². The van der Waals surface area contributed by atoms with Gasteiger partial charge in [-0.1, -0.05) is 13.0 Å². The Bertz CT molecular complexity index is 2260. The average molecular weight is 747 g/mol. The quantitative estimate of drug-likeness (QED) is 0.136. The summed E-state index contributed by atoms with van der Waals surface area (Å²) in [5.74, 6) is -4.78. The molecule has 15 nitrogen and oxygen atoms in total. The van der Waals surface area contributed by atoms with Gasteiger partial charge in [0.2, 0.25) is 5.91 Å². The first kappa shape index (κ1) is 36.7. The Kier molecular flexibility index (Phi) is 9.07. The number of benzene rings is 1. The lowest BCUT2D eigenvalue weighted by Crippen LogP contribution is -2.48. The van der Waals surface area contributed by atoms with Crippen molar-refractivity contribution in [3.05, 3.63) is 73.8 Å². The number of esters is 1. The van der Waals surface area contributed by atoms with E-state index in [0.717, 1.165) is 5.56 Å². The molecule has 2 aliphatic carbocycles. The van der Waals surface area contributed by atoms with Gasteiger partial charge in [0, 0.05) is 28.0 Å². The molecule has 2 aliphatic heterocycles. The number of aliphatic hydroxyl groups is 1. The molecule has 2 amide bonds. The number of ether oxygens (including phenoxy) is 2. The molecule has 0 fully saturated rings. The van der Waals surface area contributed by atoms with Crippen molar-refractivity contribution >= 4 is 40.8 Å². The molecule has 2 aromatic heterocycles. The molecule has 54 heavy (non-hydrogen) atoms. The van der Waals surface area contributed by atoms with Crippen LogP contribution < -0.4 is 16.2 Å². The van der Waals surface area contributed by atoms with Crippen LogP contribution in [0, 0.1) is 18.2 Å². The largest absolute Gasteiger partial charge is 0.481 e. The minimum Gasteiger partial charge on any atom is -0.481 e. The highest BCUT2D eigenvalue weighted by atomic mass is 19.1. The van der Waals surface area contributed by atoms with Crippen molar-refractivity contribution in [2.75, 3.05) is 0 Å². The molecule has 0 bridgehead atoms. The van der Waals surface area contributed by atoms with Crippen molar-refractivity contribution in [2.24, 2.45) is 5.41 Å². The Hall–Kier alpha value is -5.64. The number of aromatic nitrogens is 2. The number of hydrogen-bond acceptors (Lipinski definition) is 10. The highest BCUT2D eigenvalue weighted by Gasteiger charge is 2.44. The van der Waals surface area contributed by atoms with E-state index in [4.69, 9.17) is 19.6 Å². The Morgan fingerprint density at radius 2 is 1.87 bits per heavy atom. The number of nitrogens with one attached hydrogen (secondary N) is 2. The van der Waals surface area contributed by atoms with E-state index < -0.39 is 76.9 Å². The number of alkyl carbamates (subject to hydrolysis) is 1. The predicted octanol–water partition coefficient (Wildman–Crippen LogP) is 3.40. The second-order valence-electron chi connectivity index (χ2n) is 14.9. The van der Waals surface area contributed by atoms with E-state index in [-0.39, 0.29) is 37.1 Å². The molecule has 0 radical (unpaired) electrons. The van der Waals surface area contributed by atoms with E-state index in [1.54, 1.807) is 32.1 Å². The average Bonchev–Trinajstić information content (AvgIpc) is 3.47. The number of pyridine rings is 2. The lowest BCUT2D eigenvalue weighted by atomic mass is 9.77. The lowest BCUT2D eigenvalue weighted by molar-refractivity contribution is -0.169. The SMILES string of the molecule is Cc1c(F)cc2nc3c(c4c2c1CC[C@@H]4NC(=O)O[C@H]1/C=C/CCC(C)(C(=O)N[C@@H](CC(=O)O)C(=O)O)CC1)Cn1c-3cc2c(c1=O)COC(=O)[C@@]2(C)O. The lowest BCUT2D eigenvalue weighted by Gasteiger charge is -2.32. The van der Waals surface area contributed by atoms with Gasteiger partial charge in [0.05, 0.1) is 41.5 Å². The number of carboxylic acid groups (broad SMARTS) is 2. The Morgan fingerprint density at radius 3 is 2.59 bits per heavy atom. The topological polar surface area (TPSA) is 223 Å². The second kappa shape index (κ2) is 13.3. The minimum atomic E-state index is -2.08. The van der Waals surface area contributed by atoms with E-state index in [2.05, 4.69) is 10.6 Å². The highest BCUT2D eigenvalue weighted by molar-refractivity contribution is 5.94. The monoisotopic (exact) mass is 746 g/mol. The van der Waals surface area contributed by atoms with Gasteiger partial charge in [-0.2, -0.15) is 0 Å². The van der Waals surface area contributed by atoms with Crippen molar-refractivity contribution in [1.29, 1.82) is 0 Å². The summed E-state index contributed by atoms with van der Waals surface area (Å²) in [7, 11) is 0. The summed E-state index contributed by atoms with van der Waals surface area (Å²) < 4.78 is 27.7. The summed E-state index contributed by atoms with van der Waals surface area (Å²) in [6, 6.07) is 0.621. The zero-order chi connectivity index (χ0) is 38.9. The number of nitrogens with zero attached hydrogens (tertiary/aromatic N) is 2. The minimum absolute atomic E-state index is 0.0649. The fraction of sp³-hybridized carbons (Fsp3) is 0.447. The van der Waals surface area contributed by atoms with Crippen LogP contribution >= 0.6 is 0 Å². The van der Waals surface area contributed by atoms with Gasteiger partial charge < -0.3 is 40.0 Å². The van der Waals surface area contributed by atoms with E-state index >= 15 is 4.39 Å². The molecule has 4 heterocycles. The number of halogens is 1. The Labute approximate surface area is 307 Å². The number of amides is 2. The maximum absolute atomic E-state index is 15.3. The maximum Gasteiger partial charge on any atom is 0.408 e. The smallest absolute Gasteiger partial charge is 0.408 e. The van der Waals surface area contributed by atoms with Gasteiger partial charge in [0.1, 0.15) is 24.6 Å². The number of carbonyl (C=O) groups excluding carboxylic acids is 3. The fourth-order valence-corrected chi connectivity index (χ4v) is 8.13. The van der Waals surface area contributed by atoms with Crippen LogP contribution in [0.4, 0.5) is 9.18 Å². The highest BCUT2D eigenvalue weighted by Crippen LogP contribution is 2.46. The van der Waals surface area contributed by atoms with Crippen LogP contribution in [0.3, 0.4) is 0 Å². The first-order valence-electron chi connectivity index (χ1n) is 17.7. The van der Waals surface area contributed by atoms with Crippen molar-refractivity contribution in [2.45, 2.75) is 103 Å². The van der Waals surface area contributed by atoms with Crippen molar-refractivity contribution in [3.63, 3.8) is 0 Å². The molecule has 0 saturated heterocycles. The third kappa shape index (κ3) is 6.17. The van der Waals surface area contributed by atoms with Crippen LogP contribution in [0.1, 0.15) is 91.8 Å². The number of aryl methyl sites for hydroxylation is 1. The van der Waals surface area contributed by atoms with Crippen LogP contribution in [0.15, 0.2) is 29.1 Å². The number of rotatable bonds is 7. The third-order valence-corrected chi connectivity index (χ3v) is 11.3. The standard InChI is InChI=1S/C38H39FN4O11/c1-17-19-7-8-24(42-36(51)54-18-6-4-5-10-37(2,11-9-18)34(49)41-26(33(47)48)14-28(44)45)30-20-15-43-27(31(20)40-25(29(19)30)13-23(17)39)12-22-21(32(43)46)16-53-35(50)38(22,3)52/h4,6,12-13,18,24,26,52H,5,7-11,14-16H2,1-3H3,(H,41,49)(H,42,51)(H,44,45)(H,47,48)/b6-4+/t18-,24-,26-,37?,38-/m0/s1. The summed E-state index contributed by atoms with van der Waals surface area (Å²) in [6.45, 7) is 4.35. The van der Waals surface area contributed by atoms with E-state index in [1.165, 1.54) is 17.6 Å². The van der Waals surface area contributed by atoms with Crippen LogP contribution in [0.2, 0.25) is 0 Å². The summed E-state index contributed by atoms with van der Waals surface area (Å²) in [6.07, 6.45) is 3.18. The van der Waals surface area contributed by atoms with Gasteiger partial charge in [-0.05, 0) is 81.2 Å². The molecule has 7 rings (SSSR count). The van der Waals surface area contributed by atoms with Gasteiger partial charge in [-0.25, -0.2) is 23.8 Å². The van der Waals surface area contributed by atoms with Gasteiger partial charge in [-0.3, -0.25) is 14.4 Å². The van der Waals surface area contributed by atoms with Crippen LogP contribution in [-0.4, -0.2) is 66.9 Å². The Morgan fingerprint density at radius 1 is 1.11 bits per heavy atom. The molecule has 4 aliphatic rings. The van der Waals surface area contributed by atoms with Gasteiger partial charge in [0.25, 0.3) is 5.56 Å². The van der Waals surface area contributed by atoms with Gasteiger partial charge in [0.15, 0.2) is 5.60 Å². The molecule has 3 aromatic rings. The third-order valence-electron chi connectivity index (χ3n) is 11.3. The van der Waals surface area contributed by atoms with E-state index in [0.29, 0.717) is 64.7 Å². The molecular formula is C38H39FN4O11. The number of carbonyl (C=O) groups is 5. The fourth-order valence-electron chi connectivity index (χ4n) is 8.13. The molecule has 5 atom stereocenters. The van der Waals surface area contributed by atoms with Gasteiger partial charge in [-0.15, -0.1) is 0 Å². The van der Waals surface area contributed by atoms with Crippen LogP contribution in [0.5, 0.6) is 0 Å². The Balaban J connectivity index is 1.17. The number of allylic oxidation sites excluding steroid dienone is 1. The molecule has 1 unspecified atom stereocenters. The molecular weight excluding hydrogens is 707 g/mol. The number of hydrogen-bond donors (Lipinski definition) is 5. The zero-order valence-electron chi connectivity index (χ0n) is 29.8. The summed E-state index contributed by atoms with van der Waals surface area (Å²) >= 11 is 0.